The van der Waals surface area contributed by atoms with E-state index in [0.717, 1.165) is 31.8 Å². The zero-order valence-electron chi connectivity index (χ0n) is 23.2. The van der Waals surface area contributed by atoms with Crippen molar-refractivity contribution >= 4 is 17.8 Å². The number of unbranched alkanes of at least 4 members (excludes halogenated alkanes) is 3. The number of nitrogens with one attached hydrogen (secondary N) is 3. The van der Waals surface area contributed by atoms with Crippen LogP contribution in [0.1, 0.15) is 103 Å². The van der Waals surface area contributed by atoms with E-state index in [2.05, 4.69) is 35.9 Å². The molecule has 0 bridgehead atoms. The van der Waals surface area contributed by atoms with Gasteiger partial charge >= 0.3 is 5.97 Å². The highest BCUT2D eigenvalue weighted by Crippen LogP contribution is 2.45. The summed E-state index contributed by atoms with van der Waals surface area (Å²) in [5.41, 5.74) is 2.78. The molecule has 2 unspecified atom stereocenters. The Hall–Kier alpha value is -2.41. The number of carbonyl (C=O) groups excluding carboxylic acids is 3. The fraction of sp³-hybridized carbons (Fsp3) is 0.690. The van der Waals surface area contributed by atoms with Gasteiger partial charge in [-0.15, -0.1) is 0 Å². The molecule has 3 rings (SSSR count). The van der Waals surface area contributed by atoms with E-state index in [0.29, 0.717) is 11.7 Å². The molecule has 1 aromatic carbocycles. The number of esters is 1. The number of ether oxygens (including phenoxy) is 1. The summed E-state index contributed by atoms with van der Waals surface area (Å²) in [6.45, 7) is 9.02. The van der Waals surface area contributed by atoms with Gasteiger partial charge in [0.1, 0.15) is 12.3 Å². The Balaban J connectivity index is 0.000000388. The van der Waals surface area contributed by atoms with E-state index >= 15 is 0 Å². The van der Waals surface area contributed by atoms with Crippen molar-refractivity contribution in [3.8, 4) is 5.75 Å². The molecule has 3 N–H and O–H groups in total. The molecule has 1 fully saturated rings. The molecule has 2 aliphatic rings. The van der Waals surface area contributed by atoms with Gasteiger partial charge in [-0.1, -0.05) is 52.0 Å². The van der Waals surface area contributed by atoms with Crippen LogP contribution in [0.15, 0.2) is 18.2 Å². The number of hydrogen-bond acceptors (Lipinski definition) is 5. The Morgan fingerprint density at radius 3 is 2.28 bits per heavy atom. The normalized spacial score (nSPS) is 17.6. The Kier molecular flexibility index (Phi) is 16.5. The number of amides is 2. The lowest BCUT2D eigenvalue weighted by molar-refractivity contribution is -0.135. The maximum Gasteiger partial charge on any atom is 0.330 e. The summed E-state index contributed by atoms with van der Waals surface area (Å²) in [7, 11) is 1.93. The van der Waals surface area contributed by atoms with Crippen LogP contribution < -0.4 is 20.7 Å². The number of fused-ring (bicyclic) bond motifs is 3. The molecule has 1 aromatic rings. The number of rotatable bonds is 9. The number of carbonyl (C=O) groups is 3. The van der Waals surface area contributed by atoms with Crippen molar-refractivity contribution < 1.29 is 19.1 Å². The van der Waals surface area contributed by atoms with E-state index in [-0.39, 0.29) is 18.4 Å². The Morgan fingerprint density at radius 2 is 1.64 bits per heavy atom. The van der Waals surface area contributed by atoms with Gasteiger partial charge in [0.2, 0.25) is 11.8 Å². The SMILES string of the molecule is CC(=O)NCC(=O)Oc1ccc2c(c1)C1CCCCC1CC2.CCCCCCNC(C)=O.CCNC. The van der Waals surface area contributed by atoms with Crippen molar-refractivity contribution in [2.75, 3.05) is 26.7 Å². The summed E-state index contributed by atoms with van der Waals surface area (Å²) in [5, 5.41) is 8.16. The van der Waals surface area contributed by atoms with Gasteiger partial charge in [0, 0.05) is 20.4 Å². The Morgan fingerprint density at radius 1 is 0.944 bits per heavy atom. The monoisotopic (exact) mass is 503 g/mol. The second-order valence-electron chi connectivity index (χ2n) is 9.68. The average Bonchev–Trinajstić information content (AvgIpc) is 2.87. The van der Waals surface area contributed by atoms with Crippen LogP contribution in [-0.2, 0) is 20.8 Å². The van der Waals surface area contributed by atoms with E-state index in [1.807, 2.05) is 19.2 Å². The molecule has 0 radical (unpaired) electrons. The van der Waals surface area contributed by atoms with Crippen LogP contribution in [0.2, 0.25) is 0 Å². The zero-order valence-corrected chi connectivity index (χ0v) is 23.2. The predicted octanol–water partition coefficient (Wildman–Crippen LogP) is 4.88. The highest BCUT2D eigenvalue weighted by Gasteiger charge is 2.31. The molecule has 7 nitrogen and oxygen atoms in total. The van der Waals surface area contributed by atoms with Gasteiger partial charge in [-0.2, -0.15) is 0 Å². The lowest BCUT2D eigenvalue weighted by Crippen LogP contribution is -2.30. The van der Waals surface area contributed by atoms with Crippen molar-refractivity contribution in [2.24, 2.45) is 5.92 Å². The molecule has 7 heteroatoms. The van der Waals surface area contributed by atoms with Gasteiger partial charge in [0.15, 0.2) is 0 Å². The molecule has 0 spiro atoms. The minimum atomic E-state index is -0.425. The molecule has 0 saturated heterocycles. The van der Waals surface area contributed by atoms with Gasteiger partial charge in [0.25, 0.3) is 0 Å². The van der Waals surface area contributed by atoms with Crippen LogP contribution in [0.4, 0.5) is 0 Å². The van der Waals surface area contributed by atoms with Crippen LogP contribution >= 0.6 is 0 Å². The number of hydrogen-bond donors (Lipinski definition) is 3. The maximum absolute atomic E-state index is 11.7. The van der Waals surface area contributed by atoms with E-state index in [1.165, 1.54) is 69.4 Å². The first-order valence-corrected chi connectivity index (χ1v) is 13.8. The molecule has 36 heavy (non-hydrogen) atoms. The quantitative estimate of drug-likeness (QED) is 0.254. The summed E-state index contributed by atoms with van der Waals surface area (Å²) in [4.78, 5) is 32.9. The van der Waals surface area contributed by atoms with E-state index in [1.54, 1.807) is 6.92 Å². The van der Waals surface area contributed by atoms with E-state index in [9.17, 15) is 14.4 Å². The van der Waals surface area contributed by atoms with Crippen molar-refractivity contribution in [2.45, 2.75) is 97.8 Å². The van der Waals surface area contributed by atoms with Crippen LogP contribution in [0.5, 0.6) is 5.75 Å². The van der Waals surface area contributed by atoms with Crippen LogP contribution in [0.3, 0.4) is 0 Å². The highest BCUT2D eigenvalue weighted by atomic mass is 16.5. The summed E-state index contributed by atoms with van der Waals surface area (Å²) >= 11 is 0. The third kappa shape index (κ3) is 13.1. The predicted molar refractivity (Wildman–Crippen MR) is 146 cm³/mol. The molecule has 0 aliphatic heterocycles. The first-order valence-electron chi connectivity index (χ1n) is 13.8. The number of aryl methyl sites for hydroxylation is 1. The number of benzene rings is 1. The molecular weight excluding hydrogens is 454 g/mol. The van der Waals surface area contributed by atoms with Crippen LogP contribution in [0.25, 0.3) is 0 Å². The molecule has 204 valence electrons. The molecule has 2 atom stereocenters. The van der Waals surface area contributed by atoms with Gasteiger partial charge < -0.3 is 20.7 Å². The summed E-state index contributed by atoms with van der Waals surface area (Å²) in [6, 6.07) is 6.01. The summed E-state index contributed by atoms with van der Waals surface area (Å²) < 4.78 is 5.36. The topological polar surface area (TPSA) is 96.5 Å². The Bertz CT molecular complexity index is 795. The first kappa shape index (κ1) is 31.6. The molecular formula is C29H49N3O4. The maximum atomic E-state index is 11.7. The molecule has 0 heterocycles. The fourth-order valence-electron chi connectivity index (χ4n) is 4.69. The molecule has 2 amide bonds. The average molecular weight is 504 g/mol. The summed E-state index contributed by atoms with van der Waals surface area (Å²) in [5.74, 6) is 1.45. The van der Waals surface area contributed by atoms with E-state index < -0.39 is 5.97 Å². The molecule has 2 aliphatic carbocycles. The lowest BCUT2D eigenvalue weighted by atomic mass is 9.68. The largest absolute Gasteiger partial charge is 0.425 e. The van der Waals surface area contributed by atoms with Crippen molar-refractivity contribution in [3.63, 3.8) is 0 Å². The molecule has 0 aromatic heterocycles. The first-order chi connectivity index (χ1) is 17.3. The minimum absolute atomic E-state index is 0.0801. The second kappa shape index (κ2) is 18.8. The van der Waals surface area contributed by atoms with Crippen molar-refractivity contribution in [1.29, 1.82) is 0 Å². The van der Waals surface area contributed by atoms with Gasteiger partial charge in [-0.25, -0.2) is 4.79 Å². The van der Waals surface area contributed by atoms with Crippen LogP contribution in [0, 0.1) is 5.92 Å². The van der Waals surface area contributed by atoms with Gasteiger partial charge in [0.05, 0.1) is 0 Å². The smallest absolute Gasteiger partial charge is 0.330 e. The third-order valence-electron chi connectivity index (χ3n) is 6.68. The standard InChI is InChI=1S/C18H23NO3.C8H17NO.C3H9N/c1-12(20)19-11-18(21)22-15-9-8-14-7-6-13-4-2-3-5-16(13)17(14)10-15;1-3-4-5-6-7-9-8(2)10;1-3-4-2/h8-10,13,16H,2-7,11H2,1H3,(H,19,20);3-7H2,1-2H3,(H,9,10);4H,3H2,1-2H3. The molecule has 1 saturated carbocycles. The Labute approximate surface area is 218 Å². The zero-order chi connectivity index (χ0) is 26.8. The van der Waals surface area contributed by atoms with Gasteiger partial charge in [-0.3, -0.25) is 9.59 Å². The van der Waals surface area contributed by atoms with Gasteiger partial charge in [-0.05, 0) is 80.8 Å². The lowest BCUT2D eigenvalue weighted by Gasteiger charge is -2.37. The third-order valence-corrected chi connectivity index (χ3v) is 6.68. The van der Waals surface area contributed by atoms with Crippen molar-refractivity contribution in [3.05, 3.63) is 29.3 Å². The van der Waals surface area contributed by atoms with E-state index in [4.69, 9.17) is 4.74 Å². The highest BCUT2D eigenvalue weighted by molar-refractivity contribution is 5.81. The minimum Gasteiger partial charge on any atom is -0.425 e. The van der Waals surface area contributed by atoms with Crippen molar-refractivity contribution in [1.82, 2.24) is 16.0 Å². The second-order valence-corrected chi connectivity index (χ2v) is 9.68. The van der Waals surface area contributed by atoms with Crippen LogP contribution in [-0.4, -0.2) is 44.5 Å². The summed E-state index contributed by atoms with van der Waals surface area (Å²) in [6.07, 6.45) is 12.5. The fourth-order valence-corrected chi connectivity index (χ4v) is 4.69.